The van der Waals surface area contributed by atoms with Crippen LogP contribution in [0.25, 0.3) is 0 Å². The first-order valence-corrected chi connectivity index (χ1v) is 23.4. The molecule has 0 aliphatic rings. The minimum Gasteiger partial charge on any atom is -0.464 e. The Morgan fingerprint density at radius 3 is 0.726 bits per heavy atom. The maximum Gasteiger partial charge on any atom is 0.318 e. The van der Waals surface area contributed by atoms with Crippen molar-refractivity contribution in [3.8, 4) is 0 Å². The van der Waals surface area contributed by atoms with Crippen LogP contribution in [0.15, 0.2) is 0 Å². The Bertz CT molecular complexity index is 1230. The molecule has 4 atom stereocenters. The second-order valence-corrected chi connectivity index (χ2v) is 17.4. The number of rotatable bonds is 27. The highest BCUT2D eigenvalue weighted by molar-refractivity contribution is 7.82. The summed E-state index contributed by atoms with van der Waals surface area (Å²) in [6.07, 6.45) is 0.479. The molecule has 0 heterocycles. The van der Waals surface area contributed by atoms with Crippen LogP contribution in [0.4, 0.5) is 0 Å². The zero-order chi connectivity index (χ0) is 48.5. The van der Waals surface area contributed by atoms with Gasteiger partial charge in [0.1, 0.15) is 64.9 Å². The topological polar surface area (TPSA) is 237 Å². The van der Waals surface area contributed by atoms with Crippen molar-refractivity contribution in [3.05, 3.63) is 0 Å². The summed E-state index contributed by atoms with van der Waals surface area (Å²) >= 11 is 34.8. The normalized spacial score (nSPS) is 13.5. The average Bonchev–Trinajstić information content (AvgIpc) is 3.25. The van der Waals surface area contributed by atoms with Crippen LogP contribution in [0.5, 0.6) is 0 Å². The van der Waals surface area contributed by atoms with Crippen molar-refractivity contribution in [2.45, 2.75) is 62.0 Å². The van der Waals surface area contributed by atoms with Crippen molar-refractivity contribution in [1.29, 1.82) is 0 Å². The van der Waals surface area contributed by atoms with Gasteiger partial charge in [0, 0.05) is 0 Å². The van der Waals surface area contributed by atoms with Gasteiger partial charge in [0.15, 0.2) is 0 Å². The molecule has 0 saturated carbocycles. The molecule has 0 aliphatic carbocycles. The highest BCUT2D eigenvalue weighted by Crippen LogP contribution is 2.25. The fraction of sp³-hybridized carbons (Fsp3) is 0.743. The fourth-order valence-corrected chi connectivity index (χ4v) is 4.06. The lowest BCUT2D eigenvalue weighted by Crippen LogP contribution is -2.45. The van der Waals surface area contributed by atoms with E-state index in [-0.39, 0.29) is 88.2 Å². The van der Waals surface area contributed by atoms with E-state index < -0.39 is 85.6 Å². The van der Waals surface area contributed by atoms with Crippen molar-refractivity contribution < 1.29 is 85.8 Å². The molecule has 18 nitrogen and oxygen atoms in total. The smallest absolute Gasteiger partial charge is 0.318 e. The Kier molecular flexibility index (Phi) is 39.2. The summed E-state index contributed by atoms with van der Waals surface area (Å²) < 4.78 is 45.1. The Labute approximate surface area is 411 Å². The Morgan fingerprint density at radius 1 is 0.355 bits per heavy atom. The first-order valence-electron chi connectivity index (χ1n) is 18.2. The molecular formula is C35H58O18S9. The maximum atomic E-state index is 11.9. The summed E-state index contributed by atoms with van der Waals surface area (Å²) in [6, 6.07) is 0. The maximum absolute atomic E-state index is 11.9. The molecule has 0 fully saturated rings. The molecule has 0 saturated heterocycles. The van der Waals surface area contributed by atoms with Gasteiger partial charge in [-0.3, -0.25) is 43.2 Å². The van der Waals surface area contributed by atoms with E-state index in [0.717, 1.165) is 0 Å². The third kappa shape index (κ3) is 32.9. The minimum absolute atomic E-state index is 0.0283. The van der Waals surface area contributed by atoms with E-state index in [4.69, 9.17) is 33.2 Å². The molecule has 0 radical (unpaired) electrons. The molecular weight excluding hydrogens is 997 g/mol. The number of carbonyl (C=O) groups is 9. The van der Waals surface area contributed by atoms with Gasteiger partial charge in [-0.25, -0.2) is 0 Å². The highest BCUT2D eigenvalue weighted by Gasteiger charge is 2.39. The van der Waals surface area contributed by atoms with Gasteiger partial charge in [0.2, 0.25) is 0 Å². The summed E-state index contributed by atoms with van der Waals surface area (Å²) in [4.78, 5) is 102. The van der Waals surface area contributed by atoms with Crippen LogP contribution in [0.1, 0.15) is 41.0 Å². The zero-order valence-corrected chi connectivity index (χ0v) is 42.8. The molecule has 0 aromatic heterocycles. The standard InChI is InChI=1S/C17H28O8S4.C12H20O6S3.C6H10O4S2/c1-9(26)13(18)22-5-17(6-23-14(19)10(2)27,7-24-15(20)11(3)28)8-25-16(21)12(4)29;1-2-12(6-16-9(13)3-19,7-17-10(14)4-20)8-18-11(15)5-21;7-5(3-11)9-1-2-10-6(8)4-12/h9-12,26-29H,5-8H2,1-4H3;19-21H,2-8H2,1H3;11-12H,1-4H2. The summed E-state index contributed by atoms with van der Waals surface area (Å²) in [5.74, 6) is -5.08. The van der Waals surface area contributed by atoms with Gasteiger partial charge < -0.3 is 42.6 Å². The van der Waals surface area contributed by atoms with E-state index in [0.29, 0.717) is 6.42 Å². The van der Waals surface area contributed by atoms with Crippen molar-refractivity contribution in [3.63, 3.8) is 0 Å². The van der Waals surface area contributed by atoms with Crippen LogP contribution in [-0.4, -0.2) is 163 Å². The van der Waals surface area contributed by atoms with Crippen molar-refractivity contribution in [2.24, 2.45) is 10.8 Å². The van der Waals surface area contributed by atoms with Crippen LogP contribution in [0, 0.1) is 10.8 Å². The van der Waals surface area contributed by atoms with Crippen molar-refractivity contribution in [2.75, 3.05) is 88.2 Å². The quantitative estimate of drug-likeness (QED) is 0.0248. The molecule has 0 bridgehead atoms. The first-order chi connectivity index (χ1) is 28.9. The fourth-order valence-electron chi connectivity index (χ4n) is 3.30. The van der Waals surface area contributed by atoms with E-state index in [9.17, 15) is 43.2 Å². The number of hydrogen-bond acceptors (Lipinski definition) is 27. The lowest BCUT2D eigenvalue weighted by Gasteiger charge is -2.32. The van der Waals surface area contributed by atoms with Crippen molar-refractivity contribution >= 4 is 167 Å². The monoisotopic (exact) mass is 1050 g/mol. The van der Waals surface area contributed by atoms with Crippen LogP contribution in [-0.2, 0) is 85.8 Å². The van der Waals surface area contributed by atoms with E-state index in [1.807, 2.05) is 6.92 Å². The third-order valence-corrected chi connectivity index (χ3v) is 9.20. The number of esters is 9. The predicted molar refractivity (Wildman–Crippen MR) is 257 cm³/mol. The Balaban J connectivity index is -0.000000918. The second kappa shape index (κ2) is 37.6. The summed E-state index contributed by atoms with van der Waals surface area (Å²) in [7, 11) is 0. The van der Waals surface area contributed by atoms with Gasteiger partial charge in [-0.15, -0.1) is 0 Å². The van der Waals surface area contributed by atoms with E-state index in [1.165, 1.54) is 27.7 Å². The largest absolute Gasteiger partial charge is 0.464 e. The molecule has 0 aromatic rings. The van der Waals surface area contributed by atoms with E-state index in [2.05, 4.69) is 123 Å². The molecule has 0 aromatic carbocycles. The van der Waals surface area contributed by atoms with Crippen LogP contribution < -0.4 is 0 Å². The summed E-state index contributed by atoms with van der Waals surface area (Å²) in [6.45, 7) is 6.48. The SMILES string of the molecule is CC(S)C(=O)OCC(COC(=O)C(C)S)(COC(=O)C(C)S)COC(=O)C(C)S.CCC(COC(=O)CS)(COC(=O)CS)COC(=O)CS.O=C(CS)OCCOC(=O)CS. The Hall–Kier alpha value is -1.62. The molecule has 0 N–H and O–H groups in total. The van der Waals surface area contributed by atoms with Gasteiger partial charge in [-0.05, 0) is 34.1 Å². The molecule has 62 heavy (non-hydrogen) atoms. The van der Waals surface area contributed by atoms with Crippen LogP contribution in [0.3, 0.4) is 0 Å². The number of hydrogen-bond donors (Lipinski definition) is 9. The van der Waals surface area contributed by atoms with Gasteiger partial charge in [0.05, 0.1) is 55.2 Å². The number of carbonyl (C=O) groups excluding carboxylic acids is 9. The Morgan fingerprint density at radius 2 is 0.548 bits per heavy atom. The molecule has 0 amide bonds. The van der Waals surface area contributed by atoms with Gasteiger partial charge >= 0.3 is 53.7 Å². The lowest BCUT2D eigenvalue weighted by molar-refractivity contribution is -0.170. The van der Waals surface area contributed by atoms with E-state index >= 15 is 0 Å². The van der Waals surface area contributed by atoms with Crippen LogP contribution >= 0.6 is 114 Å². The molecule has 0 aliphatic heterocycles. The second-order valence-electron chi connectivity index (χ2n) is 12.7. The highest BCUT2D eigenvalue weighted by atomic mass is 32.1. The molecule has 360 valence electrons. The van der Waals surface area contributed by atoms with Gasteiger partial charge in [-0.1, -0.05) is 6.92 Å². The zero-order valence-electron chi connectivity index (χ0n) is 34.8. The number of ether oxygens (including phenoxy) is 9. The first kappa shape index (κ1) is 64.7. The third-order valence-electron chi connectivity index (χ3n) is 7.07. The average molecular weight is 1060 g/mol. The van der Waals surface area contributed by atoms with Gasteiger partial charge in [-0.2, -0.15) is 114 Å². The predicted octanol–water partition coefficient (Wildman–Crippen LogP) is 2.15. The minimum atomic E-state index is -1.34. The van der Waals surface area contributed by atoms with Crippen LogP contribution in [0.2, 0.25) is 0 Å². The van der Waals surface area contributed by atoms with Crippen molar-refractivity contribution in [1.82, 2.24) is 0 Å². The number of thiol groups is 9. The summed E-state index contributed by atoms with van der Waals surface area (Å²) in [5.41, 5.74) is -2.14. The lowest BCUT2D eigenvalue weighted by atomic mass is 9.88. The molecule has 27 heteroatoms. The molecule has 4 unspecified atom stereocenters. The molecule has 0 rings (SSSR count). The van der Waals surface area contributed by atoms with E-state index in [1.54, 1.807) is 0 Å². The van der Waals surface area contributed by atoms with Gasteiger partial charge in [0.25, 0.3) is 0 Å². The molecule has 0 spiro atoms. The summed E-state index contributed by atoms with van der Waals surface area (Å²) in [5, 5.41) is -2.86.